The molecular weight excluding hydrogens is 306 g/mol. The monoisotopic (exact) mass is 327 g/mol. The zero-order valence-electron chi connectivity index (χ0n) is 13.0. The largest absolute Gasteiger partial charge is 0.487 e. The van der Waals surface area contributed by atoms with Gasteiger partial charge in [-0.1, -0.05) is 30.3 Å². The first kappa shape index (κ1) is 15.0. The van der Waals surface area contributed by atoms with Gasteiger partial charge < -0.3 is 9.84 Å². The molecule has 0 radical (unpaired) electrons. The topological polar surface area (TPSA) is 42.4 Å². The number of rotatable bonds is 4. The van der Waals surface area contributed by atoms with Crippen molar-refractivity contribution in [2.75, 3.05) is 0 Å². The SMILES string of the molecule is OC1(c2cncc(OCc3ccccc3)c2)CC2CCC(C1)S2. The number of nitrogens with zero attached hydrogens (tertiary/aromatic N) is 1. The van der Waals surface area contributed by atoms with Crippen molar-refractivity contribution in [2.24, 2.45) is 0 Å². The molecule has 1 aromatic heterocycles. The standard InChI is InChI=1S/C19H21NO2S/c21-19(9-17-6-7-18(10-19)23-17)15-8-16(12-20-11-15)22-13-14-4-2-1-3-5-14/h1-5,8,11-12,17-18,21H,6-7,9-10,13H2. The van der Waals surface area contributed by atoms with Gasteiger partial charge in [-0.15, -0.1) is 0 Å². The lowest BCUT2D eigenvalue weighted by Gasteiger charge is -2.36. The van der Waals surface area contributed by atoms with Gasteiger partial charge in [-0.25, -0.2) is 0 Å². The molecule has 0 amide bonds. The second-order valence-electron chi connectivity index (χ2n) is 6.58. The number of benzene rings is 1. The average molecular weight is 327 g/mol. The van der Waals surface area contributed by atoms with Crippen LogP contribution in [-0.2, 0) is 12.2 Å². The fraction of sp³-hybridized carbons (Fsp3) is 0.421. The molecule has 3 nitrogen and oxygen atoms in total. The first-order chi connectivity index (χ1) is 11.2. The van der Waals surface area contributed by atoms with Crippen molar-refractivity contribution in [3.05, 3.63) is 59.9 Å². The van der Waals surface area contributed by atoms with E-state index in [0.717, 1.165) is 29.7 Å². The van der Waals surface area contributed by atoms with Crippen molar-refractivity contribution in [2.45, 2.75) is 48.4 Å². The van der Waals surface area contributed by atoms with Crippen LogP contribution >= 0.6 is 11.8 Å². The van der Waals surface area contributed by atoms with Gasteiger partial charge >= 0.3 is 0 Å². The second-order valence-corrected chi connectivity index (χ2v) is 8.19. The Morgan fingerprint density at radius 2 is 1.87 bits per heavy atom. The van der Waals surface area contributed by atoms with E-state index in [1.807, 2.05) is 48.2 Å². The van der Waals surface area contributed by atoms with Crippen LogP contribution in [0.25, 0.3) is 0 Å². The van der Waals surface area contributed by atoms with Gasteiger partial charge in [0.05, 0.1) is 11.8 Å². The summed E-state index contributed by atoms with van der Waals surface area (Å²) in [5.74, 6) is 0.727. The van der Waals surface area contributed by atoms with Gasteiger partial charge in [-0.05, 0) is 37.3 Å². The molecule has 2 saturated heterocycles. The Morgan fingerprint density at radius 1 is 1.13 bits per heavy atom. The summed E-state index contributed by atoms with van der Waals surface area (Å²) in [5.41, 5.74) is 1.29. The van der Waals surface area contributed by atoms with E-state index < -0.39 is 5.60 Å². The van der Waals surface area contributed by atoms with Gasteiger partial charge in [-0.3, -0.25) is 4.98 Å². The summed E-state index contributed by atoms with van der Waals surface area (Å²) in [4.78, 5) is 4.30. The molecule has 2 aromatic rings. The van der Waals surface area contributed by atoms with Crippen molar-refractivity contribution < 1.29 is 9.84 Å². The molecule has 2 fully saturated rings. The molecule has 4 heteroatoms. The van der Waals surface area contributed by atoms with E-state index in [1.54, 1.807) is 12.4 Å². The fourth-order valence-corrected chi connectivity index (χ4v) is 5.48. The minimum atomic E-state index is -0.740. The molecule has 0 aliphatic carbocycles. The third-order valence-electron chi connectivity index (χ3n) is 4.83. The number of fused-ring (bicyclic) bond motifs is 2. The maximum Gasteiger partial charge on any atom is 0.138 e. The van der Waals surface area contributed by atoms with E-state index in [2.05, 4.69) is 4.98 Å². The Balaban J connectivity index is 1.50. The molecule has 2 bridgehead atoms. The van der Waals surface area contributed by atoms with Crippen LogP contribution in [0.1, 0.15) is 36.8 Å². The highest BCUT2D eigenvalue weighted by molar-refractivity contribution is 8.00. The van der Waals surface area contributed by atoms with Crippen molar-refractivity contribution in [3.63, 3.8) is 0 Å². The van der Waals surface area contributed by atoms with Crippen LogP contribution < -0.4 is 4.74 Å². The highest BCUT2D eigenvalue weighted by atomic mass is 32.2. The quantitative estimate of drug-likeness (QED) is 0.924. The van der Waals surface area contributed by atoms with Crippen molar-refractivity contribution in [1.29, 1.82) is 0 Å². The summed E-state index contributed by atoms with van der Waals surface area (Å²) in [5, 5.41) is 12.3. The van der Waals surface area contributed by atoms with E-state index in [4.69, 9.17) is 4.74 Å². The number of hydrogen-bond donors (Lipinski definition) is 1. The van der Waals surface area contributed by atoms with Gasteiger partial charge in [0.25, 0.3) is 0 Å². The summed E-state index contributed by atoms with van der Waals surface area (Å²) >= 11 is 2.05. The maximum absolute atomic E-state index is 11.1. The highest BCUT2D eigenvalue weighted by Gasteiger charge is 2.44. The molecule has 0 saturated carbocycles. The molecule has 4 rings (SSSR count). The van der Waals surface area contributed by atoms with Crippen LogP contribution in [0.5, 0.6) is 5.75 Å². The Labute approximate surface area is 141 Å². The molecule has 3 heterocycles. The number of pyridine rings is 1. The van der Waals surface area contributed by atoms with Crippen molar-refractivity contribution in [1.82, 2.24) is 4.98 Å². The molecule has 23 heavy (non-hydrogen) atoms. The third-order valence-corrected chi connectivity index (χ3v) is 6.40. The summed E-state index contributed by atoms with van der Waals surface area (Å²) in [6.45, 7) is 0.519. The van der Waals surface area contributed by atoms with Crippen LogP contribution in [0.2, 0.25) is 0 Å². The molecule has 2 aliphatic heterocycles. The minimum absolute atomic E-state index is 0.519. The van der Waals surface area contributed by atoms with Crippen LogP contribution in [0.15, 0.2) is 48.8 Å². The van der Waals surface area contributed by atoms with E-state index in [1.165, 1.54) is 12.8 Å². The third kappa shape index (κ3) is 3.24. The van der Waals surface area contributed by atoms with Gasteiger partial charge in [0.2, 0.25) is 0 Å². The van der Waals surface area contributed by atoms with E-state index >= 15 is 0 Å². The first-order valence-electron chi connectivity index (χ1n) is 8.21. The van der Waals surface area contributed by atoms with Crippen LogP contribution in [0.3, 0.4) is 0 Å². The fourth-order valence-electron chi connectivity index (χ4n) is 3.65. The molecule has 1 N–H and O–H groups in total. The van der Waals surface area contributed by atoms with Crippen LogP contribution in [-0.4, -0.2) is 20.6 Å². The van der Waals surface area contributed by atoms with Crippen LogP contribution in [0.4, 0.5) is 0 Å². The van der Waals surface area contributed by atoms with Gasteiger partial charge in [0, 0.05) is 22.3 Å². The molecular formula is C19H21NO2S. The second kappa shape index (κ2) is 6.17. The normalized spacial score (nSPS) is 29.4. The Morgan fingerprint density at radius 3 is 2.61 bits per heavy atom. The van der Waals surface area contributed by atoms with E-state index in [0.29, 0.717) is 17.1 Å². The number of ether oxygens (including phenoxy) is 1. The molecule has 2 aliphatic rings. The number of aromatic nitrogens is 1. The lowest BCUT2D eigenvalue weighted by Crippen LogP contribution is -2.34. The Kier molecular flexibility index (Phi) is 4.04. The summed E-state index contributed by atoms with van der Waals surface area (Å²) < 4.78 is 5.86. The lowest BCUT2D eigenvalue weighted by atomic mass is 9.87. The van der Waals surface area contributed by atoms with Gasteiger partial charge in [-0.2, -0.15) is 11.8 Å². The molecule has 2 unspecified atom stereocenters. The Hall–Kier alpha value is -1.52. The Bertz CT molecular complexity index is 664. The zero-order chi connectivity index (χ0) is 15.7. The smallest absolute Gasteiger partial charge is 0.138 e. The van der Waals surface area contributed by atoms with Gasteiger partial charge in [0.15, 0.2) is 0 Å². The number of hydrogen-bond acceptors (Lipinski definition) is 4. The van der Waals surface area contributed by atoms with Gasteiger partial charge in [0.1, 0.15) is 12.4 Å². The maximum atomic E-state index is 11.1. The average Bonchev–Trinajstić information content (AvgIpc) is 2.93. The summed E-state index contributed by atoms with van der Waals surface area (Å²) in [7, 11) is 0. The lowest BCUT2D eigenvalue weighted by molar-refractivity contribution is 0.0190. The zero-order valence-corrected chi connectivity index (χ0v) is 13.8. The minimum Gasteiger partial charge on any atom is -0.487 e. The number of thioether (sulfide) groups is 1. The number of aliphatic hydroxyl groups is 1. The first-order valence-corrected chi connectivity index (χ1v) is 9.16. The highest BCUT2D eigenvalue weighted by Crippen LogP contribution is 2.51. The van der Waals surface area contributed by atoms with Crippen molar-refractivity contribution in [3.8, 4) is 5.75 Å². The molecule has 120 valence electrons. The molecule has 0 spiro atoms. The summed E-state index contributed by atoms with van der Waals surface area (Å²) in [6, 6.07) is 12.1. The van der Waals surface area contributed by atoms with E-state index in [9.17, 15) is 5.11 Å². The molecule has 1 aromatic carbocycles. The molecule has 2 atom stereocenters. The summed E-state index contributed by atoms with van der Waals surface area (Å²) in [6.07, 6.45) is 7.65. The van der Waals surface area contributed by atoms with Crippen LogP contribution in [0, 0.1) is 0 Å². The van der Waals surface area contributed by atoms with E-state index in [-0.39, 0.29) is 0 Å². The predicted molar refractivity (Wildman–Crippen MR) is 92.5 cm³/mol. The van der Waals surface area contributed by atoms with Crippen molar-refractivity contribution >= 4 is 11.8 Å². The predicted octanol–water partition coefficient (Wildman–Crippen LogP) is 3.91.